The zero-order valence-electron chi connectivity index (χ0n) is 14.1. The number of fused-ring (bicyclic) bond motifs is 2. The number of anilines is 1. The number of nitrogen functional groups attached to an aromatic ring is 1. The van der Waals surface area contributed by atoms with Gasteiger partial charge in [0.2, 0.25) is 0 Å². The van der Waals surface area contributed by atoms with Crippen molar-refractivity contribution in [2.75, 3.05) is 5.73 Å². The molecule has 4 heteroatoms. The molecule has 0 unspecified atom stereocenters. The number of benzene rings is 2. The highest BCUT2D eigenvalue weighted by Gasteiger charge is 2.23. The van der Waals surface area contributed by atoms with E-state index in [2.05, 4.69) is 62.2 Å². The van der Waals surface area contributed by atoms with Gasteiger partial charge in [-0.25, -0.2) is 4.98 Å². The van der Waals surface area contributed by atoms with E-state index in [-0.39, 0.29) is 5.54 Å². The second-order valence-electron chi connectivity index (χ2n) is 7.05. The summed E-state index contributed by atoms with van der Waals surface area (Å²) < 4.78 is 2.04. The standard InChI is InChI=1S/C20H20N4/c1-20(2,3)24-16-11-12-22-19(21)17(16)18(23-24)15-10-6-8-13-7-4-5-9-14(13)15/h4-12H,1-3H3,(H2,21,22). The first kappa shape index (κ1) is 14.7. The average molecular weight is 316 g/mol. The second kappa shape index (κ2) is 5.06. The first-order chi connectivity index (χ1) is 11.5. The Balaban J connectivity index is 2.14. The maximum atomic E-state index is 6.23. The minimum Gasteiger partial charge on any atom is -0.383 e. The lowest BCUT2D eigenvalue weighted by Gasteiger charge is -2.20. The molecule has 24 heavy (non-hydrogen) atoms. The molecule has 4 rings (SSSR count). The maximum Gasteiger partial charge on any atom is 0.135 e. The molecule has 4 nitrogen and oxygen atoms in total. The Kier molecular flexibility index (Phi) is 3.10. The fourth-order valence-electron chi connectivity index (χ4n) is 3.22. The van der Waals surface area contributed by atoms with E-state index in [4.69, 9.17) is 10.8 Å². The smallest absolute Gasteiger partial charge is 0.135 e. The van der Waals surface area contributed by atoms with E-state index < -0.39 is 0 Å². The van der Waals surface area contributed by atoms with E-state index in [0.717, 1.165) is 22.2 Å². The third-order valence-corrected chi connectivity index (χ3v) is 4.30. The summed E-state index contributed by atoms with van der Waals surface area (Å²) in [5, 5.41) is 8.22. The van der Waals surface area contributed by atoms with E-state index in [1.54, 1.807) is 6.20 Å². The SMILES string of the molecule is CC(C)(C)n1nc(-c2cccc3ccccc23)c2c(N)nccc21. The predicted molar refractivity (Wildman–Crippen MR) is 99.9 cm³/mol. The Morgan fingerprint density at radius 3 is 2.50 bits per heavy atom. The Morgan fingerprint density at radius 2 is 1.71 bits per heavy atom. The molecule has 0 spiro atoms. The molecule has 0 atom stereocenters. The van der Waals surface area contributed by atoms with Crippen molar-refractivity contribution in [2.45, 2.75) is 26.3 Å². The van der Waals surface area contributed by atoms with Crippen molar-refractivity contribution < 1.29 is 0 Å². The summed E-state index contributed by atoms with van der Waals surface area (Å²) in [5.74, 6) is 0.519. The first-order valence-corrected chi connectivity index (χ1v) is 8.08. The number of rotatable bonds is 1. The van der Waals surface area contributed by atoms with Crippen LogP contribution in [0.25, 0.3) is 32.9 Å². The molecule has 0 aliphatic heterocycles. The van der Waals surface area contributed by atoms with E-state index in [1.807, 2.05) is 16.8 Å². The Bertz CT molecular complexity index is 1050. The van der Waals surface area contributed by atoms with E-state index in [9.17, 15) is 0 Å². The summed E-state index contributed by atoms with van der Waals surface area (Å²) in [5.41, 5.74) is 9.07. The third kappa shape index (κ3) is 2.14. The number of nitrogens with zero attached hydrogens (tertiary/aromatic N) is 3. The van der Waals surface area contributed by atoms with Gasteiger partial charge in [0, 0.05) is 11.8 Å². The Hall–Kier alpha value is -2.88. The van der Waals surface area contributed by atoms with E-state index in [1.165, 1.54) is 10.8 Å². The molecule has 0 aliphatic carbocycles. The van der Waals surface area contributed by atoms with Gasteiger partial charge in [-0.3, -0.25) is 4.68 Å². The van der Waals surface area contributed by atoms with Crippen LogP contribution in [0.15, 0.2) is 54.7 Å². The number of hydrogen-bond acceptors (Lipinski definition) is 3. The molecule has 0 radical (unpaired) electrons. The van der Waals surface area contributed by atoms with Crippen molar-refractivity contribution in [3.63, 3.8) is 0 Å². The maximum absolute atomic E-state index is 6.23. The normalized spacial score (nSPS) is 12.1. The van der Waals surface area contributed by atoms with Gasteiger partial charge in [-0.05, 0) is 37.6 Å². The lowest BCUT2D eigenvalue weighted by Crippen LogP contribution is -2.23. The number of hydrogen-bond donors (Lipinski definition) is 1. The molecule has 2 aromatic carbocycles. The van der Waals surface area contributed by atoms with Crippen LogP contribution in [0.3, 0.4) is 0 Å². The van der Waals surface area contributed by atoms with Crippen molar-refractivity contribution in [3.8, 4) is 11.3 Å². The van der Waals surface area contributed by atoms with Crippen LogP contribution in [0.2, 0.25) is 0 Å². The zero-order valence-corrected chi connectivity index (χ0v) is 14.1. The van der Waals surface area contributed by atoms with Gasteiger partial charge < -0.3 is 5.73 Å². The van der Waals surface area contributed by atoms with Gasteiger partial charge in [-0.15, -0.1) is 0 Å². The van der Waals surface area contributed by atoms with Crippen molar-refractivity contribution in [3.05, 3.63) is 54.7 Å². The van der Waals surface area contributed by atoms with Crippen LogP contribution in [0.1, 0.15) is 20.8 Å². The molecule has 2 heterocycles. The van der Waals surface area contributed by atoms with Crippen molar-refractivity contribution in [1.29, 1.82) is 0 Å². The monoisotopic (exact) mass is 316 g/mol. The first-order valence-electron chi connectivity index (χ1n) is 8.08. The van der Waals surface area contributed by atoms with Gasteiger partial charge in [0.15, 0.2) is 0 Å². The van der Waals surface area contributed by atoms with Crippen LogP contribution in [-0.4, -0.2) is 14.8 Å². The summed E-state index contributed by atoms with van der Waals surface area (Å²) in [6.07, 6.45) is 1.74. The molecule has 120 valence electrons. The quantitative estimate of drug-likeness (QED) is 0.559. The summed E-state index contributed by atoms with van der Waals surface area (Å²) in [6, 6.07) is 16.6. The van der Waals surface area contributed by atoms with Crippen LogP contribution in [0.4, 0.5) is 5.82 Å². The van der Waals surface area contributed by atoms with Crippen LogP contribution < -0.4 is 5.73 Å². The van der Waals surface area contributed by atoms with Gasteiger partial charge in [0.05, 0.1) is 16.4 Å². The molecule has 0 saturated heterocycles. The van der Waals surface area contributed by atoms with E-state index >= 15 is 0 Å². The van der Waals surface area contributed by atoms with Gasteiger partial charge >= 0.3 is 0 Å². The van der Waals surface area contributed by atoms with Crippen LogP contribution in [0, 0.1) is 0 Å². The third-order valence-electron chi connectivity index (χ3n) is 4.30. The molecule has 0 bridgehead atoms. The summed E-state index contributed by atoms with van der Waals surface area (Å²) in [6.45, 7) is 6.43. The minimum atomic E-state index is -0.144. The molecule has 2 aromatic heterocycles. The van der Waals surface area contributed by atoms with Crippen molar-refractivity contribution in [2.24, 2.45) is 0 Å². The van der Waals surface area contributed by atoms with Gasteiger partial charge in [-0.2, -0.15) is 5.10 Å². The molecular weight excluding hydrogens is 296 g/mol. The van der Waals surface area contributed by atoms with Crippen molar-refractivity contribution in [1.82, 2.24) is 14.8 Å². The zero-order chi connectivity index (χ0) is 16.9. The average Bonchev–Trinajstić information content (AvgIpc) is 2.95. The molecule has 0 fully saturated rings. The fourth-order valence-corrected chi connectivity index (χ4v) is 3.22. The highest BCUT2D eigenvalue weighted by atomic mass is 15.3. The van der Waals surface area contributed by atoms with Crippen LogP contribution in [-0.2, 0) is 5.54 Å². The summed E-state index contributed by atoms with van der Waals surface area (Å²) in [7, 11) is 0. The molecule has 0 amide bonds. The largest absolute Gasteiger partial charge is 0.383 e. The van der Waals surface area contributed by atoms with Crippen molar-refractivity contribution >= 4 is 27.5 Å². The Morgan fingerprint density at radius 1 is 0.958 bits per heavy atom. The topological polar surface area (TPSA) is 56.7 Å². The van der Waals surface area contributed by atoms with Gasteiger partial charge in [0.25, 0.3) is 0 Å². The highest BCUT2D eigenvalue weighted by molar-refractivity contribution is 6.06. The van der Waals surface area contributed by atoms with Gasteiger partial charge in [0.1, 0.15) is 11.5 Å². The molecule has 2 N–H and O–H groups in total. The molecular formula is C20H20N4. The second-order valence-corrected chi connectivity index (χ2v) is 7.05. The lowest BCUT2D eigenvalue weighted by atomic mass is 10.0. The summed E-state index contributed by atoms with van der Waals surface area (Å²) in [4.78, 5) is 4.29. The van der Waals surface area contributed by atoms with Crippen LogP contribution >= 0.6 is 0 Å². The lowest BCUT2D eigenvalue weighted by molar-refractivity contribution is 0.369. The summed E-state index contributed by atoms with van der Waals surface area (Å²) >= 11 is 0. The predicted octanol–water partition coefficient (Wildman–Crippen LogP) is 4.59. The number of aromatic nitrogens is 3. The van der Waals surface area contributed by atoms with Gasteiger partial charge in [-0.1, -0.05) is 42.5 Å². The molecule has 4 aromatic rings. The van der Waals surface area contributed by atoms with E-state index in [0.29, 0.717) is 5.82 Å². The molecule has 0 saturated carbocycles. The number of nitrogens with two attached hydrogens (primary N) is 1. The highest BCUT2D eigenvalue weighted by Crippen LogP contribution is 2.36. The van der Waals surface area contributed by atoms with Crippen LogP contribution in [0.5, 0.6) is 0 Å². The minimum absolute atomic E-state index is 0.144. The fraction of sp³-hybridized carbons (Fsp3) is 0.200. The number of pyridine rings is 1. The molecule has 0 aliphatic rings. The Labute approximate surface area is 140 Å².